The van der Waals surface area contributed by atoms with Gasteiger partial charge in [-0.1, -0.05) is 12.2 Å². The Labute approximate surface area is 100 Å². The summed E-state index contributed by atoms with van der Waals surface area (Å²) < 4.78 is 5.32. The largest absolute Gasteiger partial charge is 0.388 e. The van der Waals surface area contributed by atoms with Crippen molar-refractivity contribution in [3.8, 4) is 0 Å². The monoisotopic (exact) mass is 237 g/mol. The van der Waals surface area contributed by atoms with Gasteiger partial charge < -0.3 is 15.8 Å². The van der Waals surface area contributed by atoms with Crippen LogP contribution in [0.15, 0.2) is 18.3 Å². The Hall–Kier alpha value is -1.20. The lowest BCUT2D eigenvalue weighted by molar-refractivity contribution is 0.187. The van der Waals surface area contributed by atoms with Crippen molar-refractivity contribution in [1.82, 2.24) is 4.98 Å². The van der Waals surface area contributed by atoms with E-state index in [0.29, 0.717) is 16.6 Å². The highest BCUT2D eigenvalue weighted by Crippen LogP contribution is 2.16. The number of ether oxygens (including phenoxy) is 1. The number of pyridine rings is 1. The van der Waals surface area contributed by atoms with E-state index in [0.717, 1.165) is 31.9 Å². The third-order valence-electron chi connectivity index (χ3n) is 2.65. The van der Waals surface area contributed by atoms with Crippen molar-refractivity contribution < 1.29 is 4.74 Å². The van der Waals surface area contributed by atoms with E-state index in [9.17, 15) is 0 Å². The molecule has 86 valence electrons. The SMILES string of the molecule is NC(=S)c1ncccc1NCC1CCOC1. The molecular weight excluding hydrogens is 222 g/mol. The molecule has 0 amide bonds. The predicted octanol–water partition coefficient (Wildman–Crippen LogP) is 1.16. The van der Waals surface area contributed by atoms with Gasteiger partial charge in [0.15, 0.2) is 0 Å². The molecule has 0 aromatic carbocycles. The van der Waals surface area contributed by atoms with Gasteiger partial charge in [-0.25, -0.2) is 0 Å². The second-order valence-electron chi connectivity index (χ2n) is 3.87. The fraction of sp³-hybridized carbons (Fsp3) is 0.455. The highest BCUT2D eigenvalue weighted by atomic mass is 32.1. The minimum atomic E-state index is 0.325. The molecule has 2 heterocycles. The molecule has 0 bridgehead atoms. The van der Waals surface area contributed by atoms with Gasteiger partial charge in [-0.15, -0.1) is 0 Å². The first kappa shape index (κ1) is 11.3. The van der Waals surface area contributed by atoms with Crippen LogP contribution in [0.1, 0.15) is 12.1 Å². The van der Waals surface area contributed by atoms with Crippen LogP contribution in [-0.2, 0) is 4.74 Å². The fourth-order valence-electron chi connectivity index (χ4n) is 1.74. The summed E-state index contributed by atoms with van der Waals surface area (Å²) >= 11 is 4.95. The molecule has 1 aromatic heterocycles. The van der Waals surface area contributed by atoms with Gasteiger partial charge in [0.2, 0.25) is 0 Å². The Morgan fingerprint density at radius 3 is 3.25 bits per heavy atom. The number of hydrogen-bond acceptors (Lipinski definition) is 4. The van der Waals surface area contributed by atoms with E-state index in [2.05, 4.69) is 10.3 Å². The van der Waals surface area contributed by atoms with Gasteiger partial charge in [0, 0.05) is 25.3 Å². The second kappa shape index (κ2) is 5.23. The second-order valence-corrected chi connectivity index (χ2v) is 4.31. The summed E-state index contributed by atoms with van der Waals surface area (Å²) in [6.07, 6.45) is 2.80. The molecule has 5 heteroatoms. The molecule has 1 saturated heterocycles. The van der Waals surface area contributed by atoms with Crippen LogP contribution in [-0.4, -0.2) is 29.7 Å². The molecule has 1 aliphatic heterocycles. The lowest BCUT2D eigenvalue weighted by Crippen LogP contribution is -2.19. The van der Waals surface area contributed by atoms with Crippen molar-refractivity contribution in [2.45, 2.75) is 6.42 Å². The van der Waals surface area contributed by atoms with Crippen LogP contribution < -0.4 is 11.1 Å². The minimum Gasteiger partial charge on any atom is -0.388 e. The Balaban J connectivity index is 2.00. The van der Waals surface area contributed by atoms with Gasteiger partial charge in [-0.3, -0.25) is 4.98 Å². The van der Waals surface area contributed by atoms with Crippen LogP contribution in [0.4, 0.5) is 5.69 Å². The highest BCUT2D eigenvalue weighted by molar-refractivity contribution is 7.80. The smallest absolute Gasteiger partial charge is 0.124 e. The molecule has 0 radical (unpaired) electrons. The number of aromatic nitrogens is 1. The van der Waals surface area contributed by atoms with E-state index in [1.54, 1.807) is 6.20 Å². The number of nitrogens with two attached hydrogens (primary N) is 1. The van der Waals surface area contributed by atoms with Crippen molar-refractivity contribution in [3.63, 3.8) is 0 Å². The van der Waals surface area contributed by atoms with E-state index < -0.39 is 0 Å². The Morgan fingerprint density at radius 1 is 1.69 bits per heavy atom. The Morgan fingerprint density at radius 2 is 2.56 bits per heavy atom. The predicted molar refractivity (Wildman–Crippen MR) is 67.5 cm³/mol. The average Bonchev–Trinajstić information content (AvgIpc) is 2.79. The summed E-state index contributed by atoms with van der Waals surface area (Å²) in [6.45, 7) is 2.57. The van der Waals surface area contributed by atoms with Crippen LogP contribution in [0, 0.1) is 5.92 Å². The molecule has 16 heavy (non-hydrogen) atoms. The number of nitrogens with zero attached hydrogens (tertiary/aromatic N) is 1. The maximum atomic E-state index is 5.60. The Kier molecular flexibility index (Phi) is 3.69. The molecule has 1 aromatic rings. The molecule has 1 unspecified atom stereocenters. The third kappa shape index (κ3) is 2.68. The van der Waals surface area contributed by atoms with Crippen LogP contribution in [0.5, 0.6) is 0 Å². The van der Waals surface area contributed by atoms with Crippen molar-refractivity contribution in [2.24, 2.45) is 11.7 Å². The third-order valence-corrected chi connectivity index (χ3v) is 2.84. The molecule has 1 fully saturated rings. The standard InChI is InChI=1S/C11H15N3OS/c12-11(16)10-9(2-1-4-13-10)14-6-8-3-5-15-7-8/h1-2,4,8,14H,3,5-7H2,(H2,12,16). The average molecular weight is 237 g/mol. The topological polar surface area (TPSA) is 60.2 Å². The molecule has 1 aliphatic rings. The zero-order chi connectivity index (χ0) is 11.4. The van der Waals surface area contributed by atoms with Gasteiger partial charge in [-0.2, -0.15) is 0 Å². The molecule has 3 N–H and O–H groups in total. The number of nitrogens with one attached hydrogen (secondary N) is 1. The molecule has 1 atom stereocenters. The normalized spacial score (nSPS) is 19.6. The zero-order valence-corrected chi connectivity index (χ0v) is 9.80. The number of anilines is 1. The minimum absolute atomic E-state index is 0.325. The molecule has 0 saturated carbocycles. The lowest BCUT2D eigenvalue weighted by Gasteiger charge is -2.12. The lowest BCUT2D eigenvalue weighted by atomic mass is 10.1. The van der Waals surface area contributed by atoms with Gasteiger partial charge in [0.1, 0.15) is 10.7 Å². The van der Waals surface area contributed by atoms with Gasteiger partial charge in [0.25, 0.3) is 0 Å². The molecule has 0 spiro atoms. The number of thiocarbonyl (C=S) groups is 1. The maximum absolute atomic E-state index is 5.60. The maximum Gasteiger partial charge on any atom is 0.124 e. The fourth-order valence-corrected chi connectivity index (χ4v) is 1.91. The number of hydrogen-bond donors (Lipinski definition) is 2. The van der Waals surface area contributed by atoms with Crippen LogP contribution in [0.2, 0.25) is 0 Å². The van der Waals surface area contributed by atoms with Crippen LogP contribution >= 0.6 is 12.2 Å². The summed E-state index contributed by atoms with van der Waals surface area (Å²) in [5, 5.41) is 3.33. The van der Waals surface area contributed by atoms with E-state index >= 15 is 0 Å². The Bertz CT molecular complexity index is 377. The molecular formula is C11H15N3OS. The molecule has 0 aliphatic carbocycles. The van der Waals surface area contributed by atoms with Gasteiger partial charge in [-0.05, 0) is 18.6 Å². The van der Waals surface area contributed by atoms with Crippen LogP contribution in [0.3, 0.4) is 0 Å². The number of rotatable bonds is 4. The van der Waals surface area contributed by atoms with E-state index in [1.165, 1.54) is 0 Å². The van der Waals surface area contributed by atoms with Gasteiger partial charge in [0.05, 0.1) is 12.3 Å². The van der Waals surface area contributed by atoms with Crippen molar-refractivity contribution in [3.05, 3.63) is 24.0 Å². The molecule has 2 rings (SSSR count). The highest BCUT2D eigenvalue weighted by Gasteiger charge is 2.16. The van der Waals surface area contributed by atoms with Crippen molar-refractivity contribution >= 4 is 22.9 Å². The summed E-state index contributed by atoms with van der Waals surface area (Å²) in [7, 11) is 0. The van der Waals surface area contributed by atoms with Crippen molar-refractivity contribution in [1.29, 1.82) is 0 Å². The van der Waals surface area contributed by atoms with E-state index in [-0.39, 0.29) is 0 Å². The quantitative estimate of drug-likeness (QED) is 0.770. The summed E-state index contributed by atoms with van der Waals surface area (Å²) in [4.78, 5) is 4.49. The first-order chi connectivity index (χ1) is 7.77. The van der Waals surface area contributed by atoms with Crippen LogP contribution in [0.25, 0.3) is 0 Å². The summed E-state index contributed by atoms with van der Waals surface area (Å²) in [6, 6.07) is 3.81. The summed E-state index contributed by atoms with van der Waals surface area (Å²) in [5.41, 5.74) is 7.17. The van der Waals surface area contributed by atoms with E-state index in [4.69, 9.17) is 22.7 Å². The first-order valence-corrected chi connectivity index (χ1v) is 5.74. The van der Waals surface area contributed by atoms with Gasteiger partial charge >= 0.3 is 0 Å². The first-order valence-electron chi connectivity index (χ1n) is 5.34. The molecule has 4 nitrogen and oxygen atoms in total. The zero-order valence-electron chi connectivity index (χ0n) is 8.98. The van der Waals surface area contributed by atoms with E-state index in [1.807, 2.05) is 12.1 Å². The summed E-state index contributed by atoms with van der Waals surface area (Å²) in [5.74, 6) is 0.569. The van der Waals surface area contributed by atoms with Crippen molar-refractivity contribution in [2.75, 3.05) is 25.1 Å².